The number of hydrogen-bond donors (Lipinski definition) is 3. The molecule has 1 fully saturated rings. The molecule has 154 valence electrons. The Balaban J connectivity index is 0.00000364. The van der Waals surface area contributed by atoms with Gasteiger partial charge in [0.05, 0.1) is 6.26 Å². The highest BCUT2D eigenvalue weighted by Gasteiger charge is 2.20. The van der Waals surface area contributed by atoms with Gasteiger partial charge < -0.3 is 20.4 Å². The fraction of sp³-hybridized carbons (Fsp3) is 0.700. The van der Waals surface area contributed by atoms with Crippen molar-refractivity contribution in [3.8, 4) is 0 Å². The molecule has 7 heteroatoms. The van der Waals surface area contributed by atoms with E-state index in [2.05, 4.69) is 34.8 Å². The minimum atomic E-state index is -0.158. The molecule has 1 aromatic rings. The summed E-state index contributed by atoms with van der Waals surface area (Å²) >= 11 is 0. The van der Waals surface area contributed by atoms with Crippen LogP contribution in [0.4, 0.5) is 0 Å². The lowest BCUT2D eigenvalue weighted by Gasteiger charge is -2.29. The lowest BCUT2D eigenvalue weighted by Crippen LogP contribution is -2.45. The number of aliphatic imine (C=N–C) groups is 1. The molecule has 0 spiro atoms. The molecule has 0 bridgehead atoms. The first-order valence-corrected chi connectivity index (χ1v) is 10.0. The second kappa shape index (κ2) is 13.0. The average Bonchev–Trinajstić information content (AvgIpc) is 3.08. The Kier molecular flexibility index (Phi) is 11.5. The van der Waals surface area contributed by atoms with Gasteiger partial charge in [0.15, 0.2) is 11.7 Å². The van der Waals surface area contributed by atoms with E-state index in [0.29, 0.717) is 24.9 Å². The molecular formula is C20H35IN4O2. The molecule has 0 saturated heterocycles. The van der Waals surface area contributed by atoms with Crippen molar-refractivity contribution in [3.63, 3.8) is 0 Å². The van der Waals surface area contributed by atoms with Gasteiger partial charge in [-0.3, -0.25) is 9.79 Å². The smallest absolute Gasteiger partial charge is 0.287 e. The molecule has 0 radical (unpaired) electrons. The molecule has 1 aliphatic carbocycles. The van der Waals surface area contributed by atoms with Crippen LogP contribution in [0.15, 0.2) is 21.7 Å². The van der Waals surface area contributed by atoms with Crippen molar-refractivity contribution < 1.29 is 9.21 Å². The van der Waals surface area contributed by atoms with E-state index in [9.17, 15) is 4.79 Å². The van der Waals surface area contributed by atoms with Gasteiger partial charge in [-0.1, -0.05) is 13.3 Å². The van der Waals surface area contributed by atoms with Crippen LogP contribution in [0.1, 0.15) is 68.5 Å². The van der Waals surface area contributed by atoms with Gasteiger partial charge in [-0.15, -0.1) is 24.0 Å². The number of hydrogen-bond acceptors (Lipinski definition) is 3. The summed E-state index contributed by atoms with van der Waals surface area (Å²) in [6.45, 7) is 8.35. The normalized spacial score (nSPS) is 19.9. The summed E-state index contributed by atoms with van der Waals surface area (Å²) in [7, 11) is 0. The molecule has 1 heterocycles. The summed E-state index contributed by atoms with van der Waals surface area (Å²) in [5, 5.41) is 9.77. The van der Waals surface area contributed by atoms with Gasteiger partial charge in [-0.2, -0.15) is 0 Å². The third kappa shape index (κ3) is 8.11. The predicted molar refractivity (Wildman–Crippen MR) is 121 cm³/mol. The zero-order valence-electron chi connectivity index (χ0n) is 16.8. The van der Waals surface area contributed by atoms with Crippen molar-refractivity contribution >= 4 is 35.8 Å². The van der Waals surface area contributed by atoms with Gasteiger partial charge in [0.25, 0.3) is 5.91 Å². The van der Waals surface area contributed by atoms with E-state index in [1.807, 2.05) is 6.92 Å². The lowest BCUT2D eigenvalue weighted by molar-refractivity contribution is 0.0925. The van der Waals surface area contributed by atoms with Crippen LogP contribution in [-0.4, -0.2) is 37.5 Å². The van der Waals surface area contributed by atoms with Crippen LogP contribution in [0.2, 0.25) is 0 Å². The Bertz CT molecular complexity index is 580. The number of nitrogens with zero attached hydrogens (tertiary/aromatic N) is 1. The Hall–Kier alpha value is -1.25. The molecule has 0 unspecified atom stereocenters. The molecule has 0 aromatic carbocycles. The van der Waals surface area contributed by atoms with Crippen molar-refractivity contribution in [2.45, 2.75) is 65.3 Å². The summed E-state index contributed by atoms with van der Waals surface area (Å²) in [4.78, 5) is 16.6. The van der Waals surface area contributed by atoms with Crippen molar-refractivity contribution in [2.24, 2.45) is 10.9 Å². The third-order valence-corrected chi connectivity index (χ3v) is 5.07. The van der Waals surface area contributed by atoms with Crippen LogP contribution < -0.4 is 16.0 Å². The summed E-state index contributed by atoms with van der Waals surface area (Å²) in [5.41, 5.74) is 0.858. The molecule has 3 N–H and O–H groups in total. The van der Waals surface area contributed by atoms with Crippen LogP contribution in [0, 0.1) is 12.8 Å². The Morgan fingerprint density at radius 1 is 1.22 bits per heavy atom. The highest BCUT2D eigenvalue weighted by Crippen LogP contribution is 2.26. The first-order valence-electron chi connectivity index (χ1n) is 10.0. The second-order valence-corrected chi connectivity index (χ2v) is 7.07. The summed E-state index contributed by atoms with van der Waals surface area (Å²) < 4.78 is 5.19. The van der Waals surface area contributed by atoms with E-state index in [0.717, 1.165) is 30.4 Å². The number of nitrogens with one attached hydrogen (secondary N) is 3. The van der Waals surface area contributed by atoms with Crippen LogP contribution in [0.3, 0.4) is 0 Å². The fourth-order valence-electron chi connectivity index (χ4n) is 3.39. The van der Waals surface area contributed by atoms with E-state index in [4.69, 9.17) is 4.42 Å². The molecule has 27 heavy (non-hydrogen) atoms. The molecule has 2 rings (SSSR count). The number of halogens is 1. The quantitative estimate of drug-likeness (QED) is 0.224. The number of carbonyl (C=O) groups excluding carboxylic acids is 1. The number of carbonyl (C=O) groups is 1. The number of aryl methyl sites for hydroxylation is 1. The van der Waals surface area contributed by atoms with Gasteiger partial charge in [0, 0.05) is 31.2 Å². The van der Waals surface area contributed by atoms with Crippen LogP contribution in [-0.2, 0) is 0 Å². The van der Waals surface area contributed by atoms with Crippen molar-refractivity contribution in [1.82, 2.24) is 16.0 Å². The van der Waals surface area contributed by atoms with Crippen molar-refractivity contribution in [3.05, 3.63) is 23.7 Å². The van der Waals surface area contributed by atoms with Crippen molar-refractivity contribution in [2.75, 3.05) is 19.6 Å². The molecule has 1 aromatic heterocycles. The monoisotopic (exact) mass is 490 g/mol. The highest BCUT2D eigenvalue weighted by molar-refractivity contribution is 14.0. The summed E-state index contributed by atoms with van der Waals surface area (Å²) in [6.07, 6.45) is 8.70. The lowest BCUT2D eigenvalue weighted by atomic mass is 9.84. The zero-order valence-corrected chi connectivity index (χ0v) is 19.2. The third-order valence-electron chi connectivity index (χ3n) is 5.07. The number of furan rings is 1. The largest absolute Gasteiger partial charge is 0.459 e. The molecule has 6 nitrogen and oxygen atoms in total. The maximum atomic E-state index is 12.0. The Morgan fingerprint density at radius 3 is 2.56 bits per heavy atom. The predicted octanol–water partition coefficient (Wildman–Crippen LogP) is 3.85. The maximum Gasteiger partial charge on any atom is 0.287 e. The van der Waals surface area contributed by atoms with E-state index in [1.165, 1.54) is 38.4 Å². The van der Waals surface area contributed by atoms with E-state index >= 15 is 0 Å². The standard InChI is InChI=1S/C20H34N4O2.HI/c1-4-16-7-9-17(10-8-16)24-20(21-5-2)23-13-6-12-22-19(25)18-15(3)11-14-26-18;/h11,14,16-17H,4-10,12-13H2,1-3H3,(H,22,25)(H2,21,23,24);1H. The number of rotatable bonds is 8. The van der Waals surface area contributed by atoms with Crippen LogP contribution >= 0.6 is 24.0 Å². The minimum Gasteiger partial charge on any atom is -0.459 e. The van der Waals surface area contributed by atoms with Crippen LogP contribution in [0.5, 0.6) is 0 Å². The van der Waals surface area contributed by atoms with Gasteiger partial charge in [0.1, 0.15) is 0 Å². The van der Waals surface area contributed by atoms with E-state index in [1.54, 1.807) is 6.07 Å². The molecule has 0 atom stereocenters. The van der Waals surface area contributed by atoms with Gasteiger partial charge >= 0.3 is 0 Å². The SMILES string of the molecule is CCNC(=NCCCNC(=O)c1occc1C)NC1CCC(CC)CC1.I. The molecule has 1 saturated carbocycles. The summed E-state index contributed by atoms with van der Waals surface area (Å²) in [5.74, 6) is 2.02. The molecule has 0 aliphatic heterocycles. The van der Waals surface area contributed by atoms with Gasteiger partial charge in [0.2, 0.25) is 0 Å². The first kappa shape index (κ1) is 23.8. The first-order chi connectivity index (χ1) is 12.6. The molecule has 1 amide bonds. The van der Waals surface area contributed by atoms with Crippen LogP contribution in [0.25, 0.3) is 0 Å². The number of guanidine groups is 1. The average molecular weight is 490 g/mol. The maximum absolute atomic E-state index is 12.0. The molecule has 1 aliphatic rings. The Labute approximate surface area is 180 Å². The van der Waals surface area contributed by atoms with Crippen molar-refractivity contribution in [1.29, 1.82) is 0 Å². The van der Waals surface area contributed by atoms with E-state index in [-0.39, 0.29) is 29.9 Å². The fourth-order valence-corrected chi connectivity index (χ4v) is 3.39. The zero-order chi connectivity index (χ0) is 18.8. The topological polar surface area (TPSA) is 78.7 Å². The van der Waals surface area contributed by atoms with E-state index < -0.39 is 0 Å². The van der Waals surface area contributed by atoms with Gasteiger partial charge in [-0.05, 0) is 57.9 Å². The summed E-state index contributed by atoms with van der Waals surface area (Å²) in [6, 6.07) is 2.32. The highest BCUT2D eigenvalue weighted by atomic mass is 127. The molecular weight excluding hydrogens is 455 g/mol. The Morgan fingerprint density at radius 2 is 1.96 bits per heavy atom. The minimum absolute atomic E-state index is 0. The number of amides is 1. The van der Waals surface area contributed by atoms with Gasteiger partial charge in [-0.25, -0.2) is 0 Å². The second-order valence-electron chi connectivity index (χ2n) is 7.07.